The zero-order valence-corrected chi connectivity index (χ0v) is 19.7. The van der Waals surface area contributed by atoms with Gasteiger partial charge in [0.2, 0.25) is 0 Å². The molecule has 1 aromatic carbocycles. The number of anilines is 1. The molecule has 8 heteroatoms. The first kappa shape index (κ1) is 21.6. The highest BCUT2D eigenvalue weighted by molar-refractivity contribution is 9.10. The molecule has 7 nitrogen and oxygen atoms in total. The second-order valence-corrected chi connectivity index (χ2v) is 10.9. The number of nitrogens with one attached hydrogen (secondary N) is 1. The van der Waals surface area contributed by atoms with E-state index < -0.39 is 23.0 Å². The lowest BCUT2D eigenvalue weighted by atomic mass is 9.62. The molecule has 1 atom stereocenters. The Labute approximate surface area is 189 Å². The van der Waals surface area contributed by atoms with Gasteiger partial charge in [-0.2, -0.15) is 0 Å². The Bertz CT molecular complexity index is 1110. The van der Waals surface area contributed by atoms with Gasteiger partial charge in [-0.15, -0.1) is 0 Å². The van der Waals surface area contributed by atoms with E-state index in [0.29, 0.717) is 27.9 Å². The SMILES string of the molecule is CC1(C)CC(=O)C2=C(C1)OC(=O)C21C(C(=O)OC(C)(C)C)=C(N)Nc2ccc(Br)cc21. The van der Waals surface area contributed by atoms with E-state index in [1.807, 2.05) is 13.8 Å². The van der Waals surface area contributed by atoms with Crippen LogP contribution in [0.3, 0.4) is 0 Å². The number of fused-ring (bicyclic) bond motifs is 3. The number of hydrogen-bond donors (Lipinski definition) is 2. The van der Waals surface area contributed by atoms with E-state index in [1.54, 1.807) is 39.0 Å². The van der Waals surface area contributed by atoms with Crippen LogP contribution in [0, 0.1) is 5.41 Å². The van der Waals surface area contributed by atoms with Crippen molar-refractivity contribution in [3.05, 3.63) is 51.0 Å². The summed E-state index contributed by atoms with van der Waals surface area (Å²) in [6.07, 6.45) is 0.627. The lowest BCUT2D eigenvalue weighted by molar-refractivity contribution is -0.153. The molecule has 1 aromatic rings. The van der Waals surface area contributed by atoms with Crippen molar-refractivity contribution < 1.29 is 23.9 Å². The number of benzene rings is 1. The summed E-state index contributed by atoms with van der Waals surface area (Å²) in [5, 5.41) is 3.00. The average molecular weight is 489 g/mol. The van der Waals surface area contributed by atoms with E-state index in [2.05, 4.69) is 21.2 Å². The summed E-state index contributed by atoms with van der Waals surface area (Å²) in [7, 11) is 0. The van der Waals surface area contributed by atoms with E-state index >= 15 is 0 Å². The summed E-state index contributed by atoms with van der Waals surface area (Å²) in [6, 6.07) is 5.24. The normalized spacial score (nSPS) is 24.6. The number of ketones is 1. The Morgan fingerprint density at radius 3 is 2.55 bits per heavy atom. The third-order valence-electron chi connectivity index (χ3n) is 5.64. The minimum atomic E-state index is -1.78. The van der Waals surface area contributed by atoms with Gasteiger partial charge < -0.3 is 20.5 Å². The Kier molecular flexibility index (Phi) is 4.67. The monoisotopic (exact) mass is 488 g/mol. The number of rotatable bonds is 1. The Morgan fingerprint density at radius 2 is 1.90 bits per heavy atom. The third-order valence-corrected chi connectivity index (χ3v) is 6.13. The summed E-state index contributed by atoms with van der Waals surface area (Å²) in [4.78, 5) is 40.4. The van der Waals surface area contributed by atoms with Crippen LogP contribution in [0.2, 0.25) is 0 Å². The van der Waals surface area contributed by atoms with E-state index in [9.17, 15) is 14.4 Å². The van der Waals surface area contributed by atoms with Crippen LogP contribution in [0.1, 0.15) is 53.0 Å². The van der Waals surface area contributed by atoms with Crippen molar-refractivity contribution in [1.29, 1.82) is 0 Å². The molecular weight excluding hydrogens is 464 g/mol. The highest BCUT2D eigenvalue weighted by atomic mass is 79.9. The molecule has 164 valence electrons. The first-order valence-corrected chi connectivity index (χ1v) is 10.9. The van der Waals surface area contributed by atoms with Gasteiger partial charge in [0.15, 0.2) is 11.2 Å². The van der Waals surface area contributed by atoms with Gasteiger partial charge in [-0.05, 0) is 44.4 Å². The maximum absolute atomic E-state index is 13.6. The number of hydrogen-bond acceptors (Lipinski definition) is 7. The topological polar surface area (TPSA) is 108 Å². The second kappa shape index (κ2) is 6.69. The van der Waals surface area contributed by atoms with Gasteiger partial charge in [-0.25, -0.2) is 9.59 Å². The van der Waals surface area contributed by atoms with Crippen LogP contribution in [0.5, 0.6) is 0 Å². The van der Waals surface area contributed by atoms with Crippen molar-refractivity contribution in [2.24, 2.45) is 11.1 Å². The van der Waals surface area contributed by atoms with Gasteiger partial charge in [0, 0.05) is 28.6 Å². The predicted octanol–water partition coefficient (Wildman–Crippen LogP) is 3.82. The van der Waals surface area contributed by atoms with Crippen molar-refractivity contribution in [2.75, 3.05) is 5.32 Å². The fourth-order valence-electron chi connectivity index (χ4n) is 4.60. The highest BCUT2D eigenvalue weighted by Gasteiger charge is 2.64. The number of Topliss-reactive ketones (excluding diaryl/α,β-unsaturated/α-hetero) is 1. The number of nitrogens with two attached hydrogens (primary N) is 1. The molecule has 0 bridgehead atoms. The van der Waals surface area contributed by atoms with Crippen molar-refractivity contribution >= 4 is 39.3 Å². The van der Waals surface area contributed by atoms with Crippen LogP contribution in [0.25, 0.3) is 0 Å². The lowest BCUT2D eigenvalue weighted by Crippen LogP contribution is -2.49. The highest BCUT2D eigenvalue weighted by Crippen LogP contribution is 2.57. The van der Waals surface area contributed by atoms with Crippen molar-refractivity contribution in [3.8, 4) is 0 Å². The predicted molar refractivity (Wildman–Crippen MR) is 118 cm³/mol. The summed E-state index contributed by atoms with van der Waals surface area (Å²) in [5.41, 5.74) is 4.35. The fraction of sp³-hybridized carbons (Fsp3) is 0.435. The molecule has 31 heavy (non-hydrogen) atoms. The lowest BCUT2D eigenvalue weighted by Gasteiger charge is -2.38. The number of carbonyl (C=O) groups is 3. The number of esters is 2. The van der Waals surface area contributed by atoms with Gasteiger partial charge >= 0.3 is 11.9 Å². The Balaban J connectivity index is 2.05. The molecule has 2 aliphatic heterocycles. The van der Waals surface area contributed by atoms with Crippen LogP contribution in [0.4, 0.5) is 5.69 Å². The molecule has 1 aliphatic carbocycles. The molecule has 4 rings (SSSR count). The molecule has 0 aromatic heterocycles. The number of ether oxygens (including phenoxy) is 2. The summed E-state index contributed by atoms with van der Waals surface area (Å²) >= 11 is 3.44. The van der Waals surface area contributed by atoms with E-state index in [1.165, 1.54) is 0 Å². The summed E-state index contributed by atoms with van der Waals surface area (Å²) < 4.78 is 12.0. The van der Waals surface area contributed by atoms with E-state index in [-0.39, 0.29) is 34.6 Å². The molecule has 0 amide bonds. The van der Waals surface area contributed by atoms with Crippen LogP contribution in [0.15, 0.2) is 45.4 Å². The Morgan fingerprint density at radius 1 is 1.23 bits per heavy atom. The maximum atomic E-state index is 13.6. The number of allylic oxidation sites excluding steroid dienone is 1. The third kappa shape index (κ3) is 3.28. The quantitative estimate of drug-likeness (QED) is 0.578. The molecule has 3 N–H and O–H groups in total. The smallest absolute Gasteiger partial charge is 0.340 e. The minimum absolute atomic E-state index is 0.0348. The number of carbonyl (C=O) groups excluding carboxylic acids is 3. The van der Waals surface area contributed by atoms with Crippen molar-refractivity contribution in [3.63, 3.8) is 0 Å². The largest absolute Gasteiger partial charge is 0.456 e. The summed E-state index contributed by atoms with van der Waals surface area (Å²) in [5.74, 6) is -1.46. The zero-order valence-electron chi connectivity index (χ0n) is 18.1. The van der Waals surface area contributed by atoms with E-state index in [4.69, 9.17) is 15.2 Å². The zero-order chi connectivity index (χ0) is 22.9. The fourth-order valence-corrected chi connectivity index (χ4v) is 4.96. The van der Waals surface area contributed by atoms with Crippen LogP contribution < -0.4 is 11.1 Å². The minimum Gasteiger partial charge on any atom is -0.456 e. The molecular formula is C23H25BrN2O5. The average Bonchev–Trinajstić information content (AvgIpc) is 2.85. The first-order chi connectivity index (χ1) is 14.3. The van der Waals surface area contributed by atoms with Gasteiger partial charge in [-0.3, -0.25) is 4.79 Å². The second-order valence-electron chi connectivity index (χ2n) is 9.98. The first-order valence-electron chi connectivity index (χ1n) is 10.1. The molecule has 0 saturated heterocycles. The maximum Gasteiger partial charge on any atom is 0.340 e. The van der Waals surface area contributed by atoms with Crippen molar-refractivity contribution in [2.45, 2.75) is 58.5 Å². The standard InChI is InChI=1S/C23H25BrN2O5/c1-21(2,3)31-19(28)17-18(25)26-13-7-6-11(24)8-12(13)23(17)16-14(27)9-22(4,5)10-15(16)30-20(23)29/h6-8,26H,9-10,25H2,1-5H3. The molecule has 3 aliphatic rings. The van der Waals surface area contributed by atoms with Crippen LogP contribution in [-0.4, -0.2) is 23.3 Å². The summed E-state index contributed by atoms with van der Waals surface area (Å²) in [6.45, 7) is 9.06. The molecule has 2 heterocycles. The van der Waals surface area contributed by atoms with Crippen LogP contribution in [-0.2, 0) is 29.3 Å². The van der Waals surface area contributed by atoms with E-state index in [0.717, 1.165) is 0 Å². The molecule has 0 saturated carbocycles. The van der Waals surface area contributed by atoms with Gasteiger partial charge in [0.05, 0.1) is 5.57 Å². The van der Waals surface area contributed by atoms with Gasteiger partial charge in [-0.1, -0.05) is 29.8 Å². The van der Waals surface area contributed by atoms with Crippen molar-refractivity contribution in [1.82, 2.24) is 0 Å². The van der Waals surface area contributed by atoms with Gasteiger partial charge in [0.25, 0.3) is 0 Å². The molecule has 0 radical (unpaired) electrons. The molecule has 1 spiro atoms. The van der Waals surface area contributed by atoms with Crippen LogP contribution >= 0.6 is 15.9 Å². The molecule has 1 unspecified atom stereocenters. The number of halogens is 1. The molecule has 0 fully saturated rings. The Hall–Kier alpha value is -2.61. The van der Waals surface area contributed by atoms with Gasteiger partial charge in [0.1, 0.15) is 22.8 Å².